The molecule has 0 aromatic heterocycles. The fourth-order valence-electron chi connectivity index (χ4n) is 0. The van der Waals surface area contributed by atoms with E-state index in [4.69, 9.17) is 16.0 Å². The number of hydrogen-bond acceptors (Lipinski definition) is 2. The largest absolute Gasteiger partial charge is 0 e. The van der Waals surface area contributed by atoms with E-state index in [9.17, 15) is 0 Å². The van der Waals surface area contributed by atoms with Crippen LogP contribution in [0.4, 0.5) is 0 Å². The van der Waals surface area contributed by atoms with Crippen LogP contribution in [0.15, 0.2) is 0 Å². The van der Waals surface area contributed by atoms with Crippen LogP contribution in [-0.4, -0.2) is 160 Å². The topological polar surface area (TPSA) is 74.6 Å². The molecule has 7 heavy (non-hydrogen) atoms. The Labute approximate surface area is 161 Å². The molecule has 34 valence electrons. The average Bonchev–Trinajstić information content (AvgIpc) is 0.722. The molecule has 0 spiro atoms. The second kappa shape index (κ2) is 8.24. The fraction of sp³-hybridized carbons (Fsp3) is 0. The van der Waals surface area contributed by atoms with Crippen LogP contribution in [0.1, 0.15) is 0 Å². The van der Waals surface area contributed by atoms with E-state index in [0.29, 0.717) is 0 Å². The molecule has 0 atom stereocenters. The molecule has 0 saturated heterocycles. The summed E-state index contributed by atoms with van der Waals surface area (Å²) in [6.07, 6.45) is 0. The van der Waals surface area contributed by atoms with Crippen molar-refractivity contribution in [3.8, 4) is 0 Å². The molecule has 0 aliphatic carbocycles. The normalized spacial score (nSPS) is 8.29. The van der Waals surface area contributed by atoms with Crippen molar-refractivity contribution in [1.29, 1.82) is 0 Å². The van der Waals surface area contributed by atoms with Crippen LogP contribution in [0.2, 0.25) is 0 Å². The Hall–Kier alpha value is 4.14. The summed E-state index contributed by atoms with van der Waals surface area (Å²) in [6, 6.07) is 0. The van der Waals surface area contributed by atoms with Crippen LogP contribution in [0, 0.1) is 0 Å². The van der Waals surface area contributed by atoms with E-state index in [1.165, 1.54) is 0 Å². The minimum atomic E-state index is -5.25. The van der Waals surface area contributed by atoms with Gasteiger partial charge in [-0.2, -0.15) is 0 Å². The summed E-state index contributed by atoms with van der Waals surface area (Å²) in [7, 11) is 0. The Bertz CT molecular complexity index is 92.9. The van der Waals surface area contributed by atoms with Gasteiger partial charge < -0.3 is 0 Å². The van der Waals surface area contributed by atoms with Crippen molar-refractivity contribution in [3.05, 3.63) is 0 Å². The molecule has 0 unspecified atom stereocenters. The maximum absolute atomic E-state index is 8.82. The summed E-state index contributed by atoms with van der Waals surface area (Å²) in [6.45, 7) is 0. The smallest absolute Gasteiger partial charge is 0 e. The predicted octanol–water partition coefficient (Wildman–Crippen LogP) is -2.49. The summed E-state index contributed by atoms with van der Waals surface area (Å²) in [5, 5.41) is 0. The van der Waals surface area contributed by atoms with Crippen molar-refractivity contribution in [3.63, 3.8) is 0 Å². The Morgan fingerprint density at radius 2 is 1.00 bits per heavy atom. The van der Waals surface area contributed by atoms with Gasteiger partial charge in [-0.15, -0.1) is 0 Å². The van der Waals surface area contributed by atoms with Crippen LogP contribution < -0.4 is 0 Å². The summed E-state index contributed by atoms with van der Waals surface area (Å²) >= 11 is -5.25. The van der Waals surface area contributed by atoms with E-state index in [1.54, 1.807) is 0 Å². The molecular weight excluding hydrogens is 409 g/mol. The average molecular weight is 411 g/mol. The van der Waals surface area contributed by atoms with Crippen LogP contribution in [0.3, 0.4) is 0 Å². The van der Waals surface area contributed by atoms with Crippen molar-refractivity contribution in [2.45, 2.75) is 0 Å². The standard InChI is InChI=1S/2Cs.H2O4Se/c;;1-5(2,3)4/h;;(H2,1,2,3,4). The Morgan fingerprint density at radius 3 is 1.00 bits per heavy atom. The van der Waals surface area contributed by atoms with E-state index in [-0.39, 0.29) is 138 Å². The SMILES string of the molecule is O=[Se](=O)(O)O.[Cs].[Cs]. The maximum atomic E-state index is 8.82. The molecule has 0 heterocycles. The van der Waals surface area contributed by atoms with Gasteiger partial charge in [-0.3, -0.25) is 0 Å². The molecule has 0 amide bonds. The second-order valence-corrected chi connectivity index (χ2v) is 2.33. The van der Waals surface area contributed by atoms with Gasteiger partial charge in [-0.05, 0) is 0 Å². The van der Waals surface area contributed by atoms with E-state index < -0.39 is 13.4 Å². The van der Waals surface area contributed by atoms with Gasteiger partial charge in [0.15, 0.2) is 0 Å². The van der Waals surface area contributed by atoms with Crippen molar-refractivity contribution in [2.24, 2.45) is 0 Å². The fourth-order valence-corrected chi connectivity index (χ4v) is 0. The van der Waals surface area contributed by atoms with Gasteiger partial charge in [0.25, 0.3) is 0 Å². The summed E-state index contributed by atoms with van der Waals surface area (Å²) < 4.78 is 31.9. The molecule has 0 aliphatic rings. The van der Waals surface area contributed by atoms with Gasteiger partial charge in [0.2, 0.25) is 0 Å². The molecule has 0 fully saturated rings. The first-order chi connectivity index (χ1) is 2.00. The van der Waals surface area contributed by atoms with Crippen molar-refractivity contribution in [1.82, 2.24) is 0 Å². The van der Waals surface area contributed by atoms with E-state index in [0.717, 1.165) is 0 Å². The van der Waals surface area contributed by atoms with E-state index in [2.05, 4.69) is 0 Å². The number of rotatable bonds is 0. The molecule has 0 aromatic carbocycles. The number of hydrogen-bond donors (Lipinski definition) is 2. The zero-order valence-electron chi connectivity index (χ0n) is 4.12. The second-order valence-electron chi connectivity index (χ2n) is 0.448. The molecule has 2 radical (unpaired) electrons. The molecule has 0 aromatic rings. The van der Waals surface area contributed by atoms with Gasteiger partial charge in [0.05, 0.1) is 0 Å². The van der Waals surface area contributed by atoms with Gasteiger partial charge in [0, 0.05) is 138 Å². The Morgan fingerprint density at radius 1 is 1.00 bits per heavy atom. The third-order valence-electron chi connectivity index (χ3n) is 0. The molecule has 0 saturated carbocycles. The van der Waals surface area contributed by atoms with Crippen molar-refractivity contribution >= 4 is 151 Å². The molecule has 0 rings (SSSR count). The first kappa shape index (κ1) is 17.3. The molecule has 4 nitrogen and oxygen atoms in total. The van der Waals surface area contributed by atoms with E-state index in [1.807, 2.05) is 0 Å². The van der Waals surface area contributed by atoms with Crippen LogP contribution >= 0.6 is 0 Å². The van der Waals surface area contributed by atoms with Gasteiger partial charge in [-0.25, -0.2) is 0 Å². The zero-order chi connectivity index (χ0) is 4.50. The van der Waals surface area contributed by atoms with Crippen molar-refractivity contribution in [2.75, 3.05) is 0 Å². The molecular formula is H2Cs2O4Se. The third-order valence-corrected chi connectivity index (χ3v) is 0. The van der Waals surface area contributed by atoms with Crippen molar-refractivity contribution < 1.29 is 16.0 Å². The van der Waals surface area contributed by atoms with Gasteiger partial charge >= 0.3 is 29.4 Å². The first-order valence-corrected chi connectivity index (χ1v) is 3.63. The zero-order valence-corrected chi connectivity index (χ0v) is 18.4. The summed E-state index contributed by atoms with van der Waals surface area (Å²) in [4.78, 5) is 0. The van der Waals surface area contributed by atoms with Crippen LogP contribution in [-0.2, 0) is 7.67 Å². The van der Waals surface area contributed by atoms with Gasteiger partial charge in [-0.1, -0.05) is 0 Å². The maximum Gasteiger partial charge on any atom is 0 e. The monoisotopic (exact) mass is 412 g/mol. The quantitative estimate of drug-likeness (QED) is 0.433. The van der Waals surface area contributed by atoms with Crippen LogP contribution in [0.25, 0.3) is 0 Å². The van der Waals surface area contributed by atoms with Gasteiger partial charge in [0.1, 0.15) is 0 Å². The summed E-state index contributed by atoms with van der Waals surface area (Å²) in [5.41, 5.74) is 0. The molecule has 0 aliphatic heterocycles. The predicted molar refractivity (Wildman–Crippen MR) is 23.1 cm³/mol. The van der Waals surface area contributed by atoms with E-state index >= 15 is 0 Å². The molecule has 2 N–H and O–H groups in total. The Kier molecular flexibility index (Phi) is 20.4. The first-order valence-electron chi connectivity index (χ1n) is 0.698. The summed E-state index contributed by atoms with van der Waals surface area (Å²) in [5.74, 6) is 0. The third kappa shape index (κ3) is 39.2. The Balaban J connectivity index is -0.0000000800. The molecule has 0 bridgehead atoms. The minimum Gasteiger partial charge on any atom is 0 e. The molecule has 7 heteroatoms. The van der Waals surface area contributed by atoms with Crippen LogP contribution in [0.5, 0.6) is 0 Å². The minimum absolute atomic E-state index is 0.